The molecule has 3 aromatic rings. The van der Waals surface area contributed by atoms with E-state index in [0.717, 1.165) is 23.5 Å². The number of benzene rings is 2. The summed E-state index contributed by atoms with van der Waals surface area (Å²) >= 11 is 0. The molecule has 0 saturated carbocycles. The molecule has 1 aromatic heterocycles. The van der Waals surface area contributed by atoms with Gasteiger partial charge in [-0.3, -0.25) is 9.59 Å². The average Bonchev–Trinajstić information content (AvgIpc) is 3.37. The predicted octanol–water partition coefficient (Wildman–Crippen LogP) is 4.02. The highest BCUT2D eigenvalue weighted by molar-refractivity contribution is 6.02. The SMILES string of the molecule is Cc1ccc(C)n1-c1ccc(C(=O)OCC(=O)Nc2ccccc2N2CCCC2=O)cc1. The standard InChI is InChI=1S/C25H25N3O4/c1-17-9-10-18(2)28(17)20-13-11-19(12-14-20)25(31)32-16-23(29)26-21-6-3-4-7-22(21)27-15-5-8-24(27)30/h3-4,6-7,9-14H,5,8,15-16H2,1-2H3,(H,26,29). The van der Waals surface area contributed by atoms with Crippen molar-refractivity contribution in [1.29, 1.82) is 0 Å². The minimum Gasteiger partial charge on any atom is -0.452 e. The molecule has 2 aromatic carbocycles. The molecule has 2 heterocycles. The fourth-order valence-corrected chi connectivity index (χ4v) is 3.94. The van der Waals surface area contributed by atoms with E-state index in [-0.39, 0.29) is 5.91 Å². The fourth-order valence-electron chi connectivity index (χ4n) is 3.94. The molecule has 7 heteroatoms. The van der Waals surface area contributed by atoms with Crippen LogP contribution < -0.4 is 10.2 Å². The molecule has 4 rings (SSSR count). The second-order valence-electron chi connectivity index (χ2n) is 7.79. The van der Waals surface area contributed by atoms with Gasteiger partial charge in [-0.1, -0.05) is 12.1 Å². The zero-order valence-corrected chi connectivity index (χ0v) is 18.1. The Morgan fingerprint density at radius 1 is 0.969 bits per heavy atom. The van der Waals surface area contributed by atoms with E-state index in [9.17, 15) is 14.4 Å². The average molecular weight is 431 g/mol. The van der Waals surface area contributed by atoms with Gasteiger partial charge in [0, 0.05) is 30.0 Å². The van der Waals surface area contributed by atoms with Crippen LogP contribution in [0.4, 0.5) is 11.4 Å². The van der Waals surface area contributed by atoms with Crippen molar-refractivity contribution in [3.63, 3.8) is 0 Å². The van der Waals surface area contributed by atoms with Gasteiger partial charge in [-0.15, -0.1) is 0 Å². The molecule has 1 fully saturated rings. The first-order chi connectivity index (χ1) is 15.4. The molecule has 0 atom stereocenters. The number of hydrogen-bond acceptors (Lipinski definition) is 4. The van der Waals surface area contributed by atoms with Crippen LogP contribution in [0.1, 0.15) is 34.6 Å². The fraction of sp³-hybridized carbons (Fsp3) is 0.240. The molecule has 2 amide bonds. The summed E-state index contributed by atoms with van der Waals surface area (Å²) in [5.74, 6) is -1.00. The number of nitrogens with zero attached hydrogens (tertiary/aromatic N) is 2. The Hall–Kier alpha value is -3.87. The molecule has 0 unspecified atom stereocenters. The highest BCUT2D eigenvalue weighted by Crippen LogP contribution is 2.29. The van der Waals surface area contributed by atoms with Crippen molar-refractivity contribution in [3.05, 3.63) is 77.6 Å². The van der Waals surface area contributed by atoms with Crippen LogP contribution in [0.25, 0.3) is 5.69 Å². The van der Waals surface area contributed by atoms with E-state index >= 15 is 0 Å². The van der Waals surface area contributed by atoms with Gasteiger partial charge in [0.2, 0.25) is 5.91 Å². The summed E-state index contributed by atoms with van der Waals surface area (Å²) in [6.45, 7) is 4.24. The smallest absolute Gasteiger partial charge is 0.338 e. The van der Waals surface area contributed by atoms with Crippen LogP contribution in [0.3, 0.4) is 0 Å². The Balaban J connectivity index is 1.37. The number of carbonyl (C=O) groups is 3. The molecule has 7 nitrogen and oxygen atoms in total. The number of anilines is 2. The van der Waals surface area contributed by atoms with Gasteiger partial charge < -0.3 is 19.5 Å². The van der Waals surface area contributed by atoms with Crippen LogP contribution >= 0.6 is 0 Å². The lowest BCUT2D eigenvalue weighted by atomic mass is 10.2. The Morgan fingerprint density at radius 3 is 2.31 bits per heavy atom. The van der Waals surface area contributed by atoms with Gasteiger partial charge in [0.05, 0.1) is 16.9 Å². The van der Waals surface area contributed by atoms with Crippen molar-refractivity contribution in [2.24, 2.45) is 0 Å². The maximum absolute atomic E-state index is 12.4. The Bertz CT molecular complexity index is 1140. The number of amides is 2. The molecule has 1 saturated heterocycles. The zero-order valence-electron chi connectivity index (χ0n) is 18.1. The van der Waals surface area contributed by atoms with Crippen molar-refractivity contribution < 1.29 is 19.1 Å². The summed E-state index contributed by atoms with van der Waals surface area (Å²) in [7, 11) is 0. The third-order valence-electron chi connectivity index (χ3n) is 5.51. The van der Waals surface area contributed by atoms with E-state index < -0.39 is 18.5 Å². The number of esters is 1. The molecule has 32 heavy (non-hydrogen) atoms. The van der Waals surface area contributed by atoms with Crippen molar-refractivity contribution in [3.8, 4) is 5.69 Å². The summed E-state index contributed by atoms with van der Waals surface area (Å²) in [5, 5.41) is 2.74. The van der Waals surface area contributed by atoms with E-state index in [2.05, 4.69) is 9.88 Å². The molecule has 0 aliphatic carbocycles. The molecule has 0 radical (unpaired) electrons. The highest BCUT2D eigenvalue weighted by Gasteiger charge is 2.24. The molecule has 0 spiro atoms. The van der Waals surface area contributed by atoms with Gasteiger partial charge in [-0.2, -0.15) is 0 Å². The first-order valence-corrected chi connectivity index (χ1v) is 10.6. The number of para-hydroxylation sites is 2. The van der Waals surface area contributed by atoms with Crippen LogP contribution in [-0.2, 0) is 14.3 Å². The summed E-state index contributed by atoms with van der Waals surface area (Å²) in [4.78, 5) is 38.5. The van der Waals surface area contributed by atoms with Crippen molar-refractivity contribution >= 4 is 29.2 Å². The predicted molar refractivity (Wildman–Crippen MR) is 122 cm³/mol. The molecule has 164 valence electrons. The molecule has 1 aliphatic rings. The topological polar surface area (TPSA) is 80.6 Å². The van der Waals surface area contributed by atoms with E-state index in [1.807, 2.05) is 44.2 Å². The molecule has 0 bridgehead atoms. The maximum Gasteiger partial charge on any atom is 0.338 e. The van der Waals surface area contributed by atoms with Gasteiger partial charge in [-0.05, 0) is 68.8 Å². The van der Waals surface area contributed by atoms with Gasteiger partial charge >= 0.3 is 5.97 Å². The van der Waals surface area contributed by atoms with Crippen LogP contribution in [0.5, 0.6) is 0 Å². The number of rotatable bonds is 6. The largest absolute Gasteiger partial charge is 0.452 e. The third-order valence-corrected chi connectivity index (χ3v) is 5.51. The first-order valence-electron chi connectivity index (χ1n) is 10.6. The monoisotopic (exact) mass is 431 g/mol. The zero-order chi connectivity index (χ0) is 22.7. The molecular weight excluding hydrogens is 406 g/mol. The summed E-state index contributed by atoms with van der Waals surface area (Å²) in [6, 6.07) is 18.2. The quantitative estimate of drug-likeness (QED) is 0.598. The number of nitrogens with one attached hydrogen (secondary N) is 1. The lowest BCUT2D eigenvalue weighted by Crippen LogP contribution is -2.27. The minimum absolute atomic E-state index is 0.0341. The van der Waals surface area contributed by atoms with Crippen LogP contribution in [0.15, 0.2) is 60.7 Å². The van der Waals surface area contributed by atoms with E-state index in [0.29, 0.717) is 29.9 Å². The van der Waals surface area contributed by atoms with Crippen LogP contribution in [0.2, 0.25) is 0 Å². The minimum atomic E-state index is -0.573. The van der Waals surface area contributed by atoms with Gasteiger partial charge in [-0.25, -0.2) is 4.79 Å². The number of ether oxygens (including phenoxy) is 1. The second-order valence-corrected chi connectivity index (χ2v) is 7.79. The second kappa shape index (κ2) is 9.09. The Kier molecular flexibility index (Phi) is 6.07. The van der Waals surface area contributed by atoms with Gasteiger partial charge in [0.15, 0.2) is 6.61 Å². The van der Waals surface area contributed by atoms with Crippen molar-refractivity contribution in [1.82, 2.24) is 4.57 Å². The highest BCUT2D eigenvalue weighted by atomic mass is 16.5. The molecule has 1 aliphatic heterocycles. The van der Waals surface area contributed by atoms with Crippen molar-refractivity contribution in [2.75, 3.05) is 23.4 Å². The Labute approximate surface area is 186 Å². The lowest BCUT2D eigenvalue weighted by Gasteiger charge is -2.19. The summed E-state index contributed by atoms with van der Waals surface area (Å²) < 4.78 is 7.28. The Morgan fingerprint density at radius 2 is 1.66 bits per heavy atom. The first kappa shape index (κ1) is 21.4. The number of aryl methyl sites for hydroxylation is 2. The third kappa shape index (κ3) is 4.42. The van der Waals surface area contributed by atoms with Crippen LogP contribution in [-0.4, -0.2) is 35.5 Å². The molecule has 1 N–H and O–H groups in total. The normalized spacial score (nSPS) is 13.3. The van der Waals surface area contributed by atoms with Gasteiger partial charge in [0.25, 0.3) is 5.91 Å². The number of aromatic nitrogens is 1. The lowest BCUT2D eigenvalue weighted by molar-refractivity contribution is -0.119. The number of hydrogen-bond donors (Lipinski definition) is 1. The van der Waals surface area contributed by atoms with E-state index in [1.54, 1.807) is 35.2 Å². The van der Waals surface area contributed by atoms with E-state index in [1.165, 1.54) is 0 Å². The van der Waals surface area contributed by atoms with Crippen LogP contribution in [0, 0.1) is 13.8 Å². The van der Waals surface area contributed by atoms with E-state index in [4.69, 9.17) is 4.74 Å². The van der Waals surface area contributed by atoms with Crippen molar-refractivity contribution in [2.45, 2.75) is 26.7 Å². The summed E-state index contributed by atoms with van der Waals surface area (Å²) in [5.41, 5.74) is 4.70. The summed E-state index contributed by atoms with van der Waals surface area (Å²) in [6.07, 6.45) is 1.29. The maximum atomic E-state index is 12.4. The number of carbonyl (C=O) groups excluding carboxylic acids is 3. The van der Waals surface area contributed by atoms with Gasteiger partial charge in [0.1, 0.15) is 0 Å². The molecular formula is C25H25N3O4.